The van der Waals surface area contributed by atoms with Crippen LogP contribution in [0, 0.1) is 5.92 Å². The maximum absolute atomic E-state index is 11.1. The number of hydrogen-bond acceptors (Lipinski definition) is 8. The number of aliphatic carboxylic acids is 1. The van der Waals surface area contributed by atoms with Gasteiger partial charge in [0.1, 0.15) is 0 Å². The van der Waals surface area contributed by atoms with E-state index in [4.69, 9.17) is 38.0 Å². The van der Waals surface area contributed by atoms with Crippen LogP contribution >= 0.6 is 23.2 Å². The smallest absolute Gasteiger partial charge is 0.303 e. The van der Waals surface area contributed by atoms with Gasteiger partial charge in [0.05, 0.1) is 24.4 Å². The maximum Gasteiger partial charge on any atom is 0.303 e. The number of likely N-dealkylation sites (tertiary alicyclic amines) is 1. The molecule has 1 aromatic carbocycles. The number of pyridine rings is 1. The number of nitrogens with zero attached hydrogens (tertiary/aromatic N) is 7. The van der Waals surface area contributed by atoms with Crippen LogP contribution in [0.2, 0.25) is 10.0 Å². The van der Waals surface area contributed by atoms with Crippen molar-refractivity contribution in [3.05, 3.63) is 77.1 Å². The number of carboxylic acid groups (broad SMARTS) is 1. The maximum atomic E-state index is 11.1. The van der Waals surface area contributed by atoms with E-state index in [2.05, 4.69) is 19.9 Å². The largest absolute Gasteiger partial charge is 0.481 e. The number of benzene rings is 1. The summed E-state index contributed by atoms with van der Waals surface area (Å²) < 4.78 is 8.12. The molecule has 0 amide bonds. The molecule has 4 aromatic rings. The summed E-state index contributed by atoms with van der Waals surface area (Å²) >= 11 is 12.6. The third-order valence-corrected chi connectivity index (χ3v) is 7.46. The van der Waals surface area contributed by atoms with Gasteiger partial charge >= 0.3 is 5.97 Å². The van der Waals surface area contributed by atoms with Gasteiger partial charge < -0.3 is 19.3 Å². The summed E-state index contributed by atoms with van der Waals surface area (Å²) in [5.74, 6) is 0.935. The molecule has 41 heavy (non-hydrogen) atoms. The first-order chi connectivity index (χ1) is 19.8. The summed E-state index contributed by atoms with van der Waals surface area (Å²) in [5.41, 5.74) is 2.47. The van der Waals surface area contributed by atoms with Crippen LogP contribution in [-0.4, -0.2) is 67.2 Å². The summed E-state index contributed by atoms with van der Waals surface area (Å²) in [4.78, 5) is 33.1. The van der Waals surface area contributed by atoms with Gasteiger partial charge in [0.15, 0.2) is 5.75 Å². The van der Waals surface area contributed by atoms with Gasteiger partial charge in [-0.3, -0.25) is 9.69 Å². The molecular weight excluding hydrogens is 565 g/mol. The Kier molecular flexibility index (Phi) is 9.33. The first-order valence-corrected chi connectivity index (χ1v) is 14.1. The number of carboxylic acids is 1. The van der Waals surface area contributed by atoms with Crippen molar-refractivity contribution in [1.82, 2.24) is 29.4 Å². The third kappa shape index (κ3) is 8.16. The molecule has 5 rings (SSSR count). The van der Waals surface area contributed by atoms with Crippen molar-refractivity contribution in [3.63, 3.8) is 0 Å². The molecule has 12 heteroatoms. The minimum absolute atomic E-state index is 0.220. The fraction of sp³-hybridized carbons (Fsp3) is 0.345. The monoisotopic (exact) mass is 595 g/mol. The van der Waals surface area contributed by atoms with Crippen molar-refractivity contribution >= 4 is 35.1 Å². The van der Waals surface area contributed by atoms with Gasteiger partial charge in [0, 0.05) is 67.2 Å². The molecule has 3 aromatic heterocycles. The fourth-order valence-electron chi connectivity index (χ4n) is 4.87. The van der Waals surface area contributed by atoms with Gasteiger partial charge in [-0.25, -0.2) is 19.9 Å². The molecule has 0 aliphatic carbocycles. The number of hydrogen-bond donors (Lipinski definition) is 1. The average molecular weight is 597 g/mol. The molecule has 0 unspecified atom stereocenters. The van der Waals surface area contributed by atoms with Crippen LogP contribution in [0.4, 0.5) is 5.95 Å². The number of piperidine rings is 1. The van der Waals surface area contributed by atoms with Crippen LogP contribution in [0.1, 0.15) is 24.8 Å². The van der Waals surface area contributed by atoms with Crippen LogP contribution in [0.5, 0.6) is 11.6 Å². The molecule has 0 atom stereocenters. The van der Waals surface area contributed by atoms with E-state index in [1.807, 2.05) is 47.0 Å². The quantitative estimate of drug-likeness (QED) is 0.235. The number of imidazole rings is 1. The second-order valence-electron chi connectivity index (χ2n) is 10.2. The Balaban J connectivity index is 1.32. The van der Waals surface area contributed by atoms with Crippen LogP contribution in [0.15, 0.2) is 61.4 Å². The topological polar surface area (TPSA) is 110 Å². The summed E-state index contributed by atoms with van der Waals surface area (Å²) in [5, 5.41) is 10.2. The Bertz CT molecular complexity index is 1440. The van der Waals surface area contributed by atoms with Crippen molar-refractivity contribution < 1.29 is 14.6 Å². The SMILES string of the molecule is CN(CCn1ccnc1)c1ncc(Oc2cc(CN3CCC(CC(=O)O)CC3)cc(-c3cc(Cl)cc(Cl)c3)n2)cn1. The van der Waals surface area contributed by atoms with E-state index in [-0.39, 0.29) is 12.3 Å². The van der Waals surface area contributed by atoms with E-state index in [0.717, 1.165) is 50.1 Å². The minimum atomic E-state index is -0.734. The summed E-state index contributed by atoms with van der Waals surface area (Å²) in [6.45, 7) is 3.83. The highest BCUT2D eigenvalue weighted by atomic mass is 35.5. The molecule has 1 aliphatic heterocycles. The highest BCUT2D eigenvalue weighted by Crippen LogP contribution is 2.31. The molecule has 1 N–H and O–H groups in total. The highest BCUT2D eigenvalue weighted by molar-refractivity contribution is 6.35. The first-order valence-electron chi connectivity index (χ1n) is 13.4. The average Bonchev–Trinajstić information content (AvgIpc) is 3.46. The molecule has 1 fully saturated rings. The van der Waals surface area contributed by atoms with Crippen molar-refractivity contribution in [2.45, 2.75) is 32.4 Å². The molecule has 1 saturated heterocycles. The highest BCUT2D eigenvalue weighted by Gasteiger charge is 2.22. The zero-order valence-electron chi connectivity index (χ0n) is 22.7. The van der Waals surface area contributed by atoms with Gasteiger partial charge in [-0.15, -0.1) is 0 Å². The van der Waals surface area contributed by atoms with Gasteiger partial charge in [-0.2, -0.15) is 0 Å². The molecule has 214 valence electrons. The summed E-state index contributed by atoms with van der Waals surface area (Å²) in [6, 6.07) is 9.23. The molecule has 0 bridgehead atoms. The third-order valence-electron chi connectivity index (χ3n) is 7.03. The zero-order valence-corrected chi connectivity index (χ0v) is 24.2. The Labute approximate surface area is 248 Å². The van der Waals surface area contributed by atoms with Crippen LogP contribution in [-0.2, 0) is 17.9 Å². The zero-order chi connectivity index (χ0) is 28.8. The Hall–Kier alpha value is -3.73. The lowest BCUT2D eigenvalue weighted by molar-refractivity contribution is -0.138. The van der Waals surface area contributed by atoms with E-state index < -0.39 is 5.97 Å². The lowest BCUT2D eigenvalue weighted by Crippen LogP contribution is -2.33. The van der Waals surface area contributed by atoms with E-state index in [1.165, 1.54) is 0 Å². The van der Waals surface area contributed by atoms with Crippen molar-refractivity contribution in [3.8, 4) is 22.9 Å². The van der Waals surface area contributed by atoms with Crippen molar-refractivity contribution in [1.29, 1.82) is 0 Å². The lowest BCUT2D eigenvalue weighted by Gasteiger charge is -2.31. The molecule has 0 radical (unpaired) electrons. The van der Waals surface area contributed by atoms with E-state index in [1.54, 1.807) is 31.0 Å². The van der Waals surface area contributed by atoms with Crippen molar-refractivity contribution in [2.75, 3.05) is 31.6 Å². The number of anilines is 1. The second-order valence-corrected chi connectivity index (χ2v) is 11.1. The van der Waals surface area contributed by atoms with Gasteiger partial charge in [-0.1, -0.05) is 23.2 Å². The van der Waals surface area contributed by atoms with Crippen LogP contribution in [0.25, 0.3) is 11.3 Å². The normalized spacial score (nSPS) is 14.2. The number of rotatable bonds is 11. The van der Waals surface area contributed by atoms with Crippen LogP contribution < -0.4 is 9.64 Å². The first kappa shape index (κ1) is 28.8. The molecule has 0 saturated carbocycles. The molecule has 0 spiro atoms. The Morgan fingerprint density at radius 3 is 2.49 bits per heavy atom. The Morgan fingerprint density at radius 1 is 1.10 bits per heavy atom. The van der Waals surface area contributed by atoms with Crippen LogP contribution in [0.3, 0.4) is 0 Å². The Morgan fingerprint density at radius 2 is 1.83 bits per heavy atom. The summed E-state index contributed by atoms with van der Waals surface area (Å²) in [7, 11) is 1.94. The number of aromatic nitrogens is 5. The summed E-state index contributed by atoms with van der Waals surface area (Å²) in [6.07, 6.45) is 10.7. The van der Waals surface area contributed by atoms with Crippen molar-refractivity contribution in [2.24, 2.45) is 5.92 Å². The van der Waals surface area contributed by atoms with Gasteiger partial charge in [-0.05, 0) is 61.7 Å². The molecule has 10 nitrogen and oxygen atoms in total. The molecule has 1 aliphatic rings. The standard InChI is InChI=1S/C29H31Cl2N7O3/c1-36(8-9-38-7-4-32-19-38)29-33-16-25(17-34-29)41-27-11-21(18-37-5-2-20(3-6-37)12-28(39)40)10-26(35-27)22-13-23(30)15-24(31)14-22/h4,7,10-11,13-17,19-20H,2-3,5-6,8-9,12,18H2,1H3,(H,39,40). The minimum Gasteiger partial charge on any atom is -0.481 e. The predicted octanol–water partition coefficient (Wildman–Crippen LogP) is 5.66. The van der Waals surface area contributed by atoms with Gasteiger partial charge in [0.2, 0.25) is 11.8 Å². The molecule has 4 heterocycles. The van der Waals surface area contributed by atoms with Gasteiger partial charge in [0.25, 0.3) is 0 Å². The van der Waals surface area contributed by atoms with E-state index in [0.29, 0.717) is 39.9 Å². The molecular formula is C29H31Cl2N7O3. The predicted molar refractivity (Wildman–Crippen MR) is 158 cm³/mol. The number of halogens is 2. The van der Waals surface area contributed by atoms with E-state index in [9.17, 15) is 4.79 Å². The van der Waals surface area contributed by atoms with E-state index >= 15 is 0 Å². The number of ether oxygens (including phenoxy) is 1. The second kappa shape index (κ2) is 13.3. The number of likely N-dealkylation sites (N-methyl/N-ethyl adjacent to an activating group) is 1. The fourth-order valence-corrected chi connectivity index (χ4v) is 5.40. The number of carbonyl (C=O) groups is 1. The lowest BCUT2D eigenvalue weighted by atomic mass is 9.93.